The van der Waals surface area contributed by atoms with Crippen LogP contribution in [0.15, 0.2) is 72.8 Å². The van der Waals surface area contributed by atoms with Crippen molar-refractivity contribution < 1.29 is 14.9 Å². The van der Waals surface area contributed by atoms with Crippen molar-refractivity contribution in [2.45, 2.75) is 79.6 Å². The van der Waals surface area contributed by atoms with Crippen LogP contribution in [0.3, 0.4) is 0 Å². The van der Waals surface area contributed by atoms with Gasteiger partial charge < -0.3 is 14.9 Å². The molecule has 0 bridgehead atoms. The van der Waals surface area contributed by atoms with Crippen LogP contribution in [0, 0.1) is 6.92 Å². The van der Waals surface area contributed by atoms with Crippen LogP contribution < -0.4 is 0 Å². The first-order valence-electron chi connectivity index (χ1n) is 15.6. The summed E-state index contributed by atoms with van der Waals surface area (Å²) in [5, 5.41) is 39.5. The molecule has 0 aliphatic rings. The molecule has 2 N–H and O–H groups in total. The summed E-state index contributed by atoms with van der Waals surface area (Å²) in [6.45, 7) is 15.3. The zero-order valence-corrected chi connectivity index (χ0v) is 28.0. The minimum atomic E-state index is -0.178. The van der Waals surface area contributed by atoms with E-state index in [1.807, 2.05) is 73.7 Å². The van der Waals surface area contributed by atoms with E-state index in [2.05, 4.69) is 68.0 Å². The third kappa shape index (κ3) is 7.80. The van der Waals surface area contributed by atoms with Gasteiger partial charge >= 0.3 is 0 Å². The van der Waals surface area contributed by atoms with Gasteiger partial charge in [-0.2, -0.15) is 0 Å². The standard InChI is InChI=1S/C20H25N3O2.C17H19N3O.CH4/c1-20(2,3)15-12-14(8-7-11-25-4)13-18(19(15)24)23-21-16-9-5-6-10-17(16)22-23;1-11-9-12(17(2,3)4)16(21)15(10-11)20-18-13-7-5-6-8-14(13)19-20;/h5-6,9-10,12-13,24H,7-8,11H2,1-4H3;5-10,21H,1-4H3;1H4. The van der Waals surface area contributed by atoms with E-state index in [4.69, 9.17) is 4.74 Å². The Morgan fingerprint density at radius 2 is 1.04 bits per heavy atom. The van der Waals surface area contributed by atoms with Crippen molar-refractivity contribution in [2.24, 2.45) is 0 Å². The van der Waals surface area contributed by atoms with Gasteiger partial charge in [-0.25, -0.2) is 0 Å². The van der Waals surface area contributed by atoms with Gasteiger partial charge in [-0.3, -0.25) is 0 Å². The fourth-order valence-corrected chi connectivity index (χ4v) is 5.39. The number of aromatic nitrogens is 6. The summed E-state index contributed by atoms with van der Waals surface area (Å²) in [6.07, 6.45) is 1.81. The highest BCUT2D eigenvalue weighted by atomic mass is 16.5. The summed E-state index contributed by atoms with van der Waals surface area (Å²) in [6, 6.07) is 23.4. The van der Waals surface area contributed by atoms with Gasteiger partial charge in [0.15, 0.2) is 0 Å². The zero-order valence-electron chi connectivity index (χ0n) is 28.0. The second kappa shape index (κ2) is 13.9. The van der Waals surface area contributed by atoms with E-state index in [1.54, 1.807) is 7.11 Å². The molecule has 6 rings (SSSR count). The SMILES string of the molecule is C.COCCCc1cc(-n2nc3ccccc3n2)c(O)c(C(C)(C)C)c1.Cc1cc(-n2nc3ccccc3n2)c(O)c(C(C)(C)C)c1. The Morgan fingerprint density at radius 1 is 0.638 bits per heavy atom. The van der Waals surface area contributed by atoms with Gasteiger partial charge in [0.05, 0.1) is 0 Å². The summed E-state index contributed by atoms with van der Waals surface area (Å²) < 4.78 is 5.16. The molecule has 0 aliphatic heterocycles. The van der Waals surface area contributed by atoms with Gasteiger partial charge in [0, 0.05) is 24.8 Å². The maximum Gasteiger partial charge on any atom is 0.146 e. The van der Waals surface area contributed by atoms with Gasteiger partial charge in [-0.15, -0.1) is 30.0 Å². The Balaban J connectivity index is 0.000000211. The average molecular weight is 637 g/mol. The van der Waals surface area contributed by atoms with Crippen molar-refractivity contribution in [3.63, 3.8) is 0 Å². The van der Waals surface area contributed by atoms with Crippen molar-refractivity contribution in [2.75, 3.05) is 13.7 Å². The maximum atomic E-state index is 10.9. The molecule has 0 fully saturated rings. The normalized spacial score (nSPS) is 11.7. The predicted octanol–water partition coefficient (Wildman–Crippen LogP) is 8.37. The summed E-state index contributed by atoms with van der Waals surface area (Å²) in [5.41, 5.74) is 8.20. The number of phenolic OH excluding ortho intramolecular Hbond substituents is 2. The number of benzene rings is 4. The lowest BCUT2D eigenvalue weighted by Crippen LogP contribution is -2.14. The van der Waals surface area contributed by atoms with E-state index >= 15 is 0 Å². The predicted molar refractivity (Wildman–Crippen MR) is 190 cm³/mol. The highest BCUT2D eigenvalue weighted by Crippen LogP contribution is 2.37. The smallest absolute Gasteiger partial charge is 0.146 e. The molecule has 2 aromatic heterocycles. The molecule has 0 saturated heterocycles. The lowest BCUT2D eigenvalue weighted by molar-refractivity contribution is 0.195. The molecule has 6 aromatic rings. The molecule has 248 valence electrons. The van der Waals surface area contributed by atoms with Gasteiger partial charge in [0.2, 0.25) is 0 Å². The van der Waals surface area contributed by atoms with Crippen LogP contribution in [0.4, 0.5) is 0 Å². The van der Waals surface area contributed by atoms with Crippen molar-refractivity contribution >= 4 is 22.1 Å². The number of ether oxygens (including phenoxy) is 1. The molecule has 9 nitrogen and oxygen atoms in total. The fourth-order valence-electron chi connectivity index (χ4n) is 5.39. The molecule has 4 aromatic carbocycles. The van der Waals surface area contributed by atoms with Crippen LogP contribution >= 0.6 is 0 Å². The molecular weight excluding hydrogens is 588 g/mol. The first-order chi connectivity index (χ1) is 21.8. The topological polar surface area (TPSA) is 111 Å². The fraction of sp³-hybridized carbons (Fsp3) is 0.368. The Kier molecular flexibility index (Phi) is 10.4. The highest BCUT2D eigenvalue weighted by molar-refractivity contribution is 5.74. The summed E-state index contributed by atoms with van der Waals surface area (Å²) >= 11 is 0. The lowest BCUT2D eigenvalue weighted by Gasteiger charge is -2.23. The molecule has 0 atom stereocenters. The monoisotopic (exact) mass is 636 g/mol. The average Bonchev–Trinajstić information content (AvgIpc) is 3.63. The highest BCUT2D eigenvalue weighted by Gasteiger charge is 2.24. The van der Waals surface area contributed by atoms with Gasteiger partial charge in [0.1, 0.15) is 44.9 Å². The number of phenols is 2. The van der Waals surface area contributed by atoms with Crippen molar-refractivity contribution in [3.05, 3.63) is 95.1 Å². The molecule has 47 heavy (non-hydrogen) atoms. The van der Waals surface area contributed by atoms with Crippen LogP contribution in [-0.4, -0.2) is 53.9 Å². The number of aromatic hydroxyl groups is 2. The number of methoxy groups -OCH3 is 1. The van der Waals surface area contributed by atoms with E-state index in [0.717, 1.165) is 57.2 Å². The number of nitrogens with zero attached hydrogens (tertiary/aromatic N) is 6. The van der Waals surface area contributed by atoms with Crippen molar-refractivity contribution in [1.29, 1.82) is 0 Å². The molecular formula is C38H48N6O3. The van der Waals surface area contributed by atoms with E-state index in [1.165, 1.54) is 9.59 Å². The summed E-state index contributed by atoms with van der Waals surface area (Å²) in [4.78, 5) is 3.05. The van der Waals surface area contributed by atoms with E-state index in [9.17, 15) is 10.2 Å². The summed E-state index contributed by atoms with van der Waals surface area (Å²) in [7, 11) is 1.71. The molecule has 0 aliphatic carbocycles. The Morgan fingerprint density at radius 3 is 1.45 bits per heavy atom. The largest absolute Gasteiger partial charge is 0.505 e. The van der Waals surface area contributed by atoms with Crippen LogP contribution in [0.2, 0.25) is 0 Å². The molecule has 0 amide bonds. The van der Waals surface area contributed by atoms with Gasteiger partial charge in [-0.1, -0.05) is 85.4 Å². The second-order valence-corrected chi connectivity index (χ2v) is 13.7. The van der Waals surface area contributed by atoms with E-state index in [-0.39, 0.29) is 29.8 Å². The van der Waals surface area contributed by atoms with Crippen molar-refractivity contribution in [1.82, 2.24) is 30.0 Å². The van der Waals surface area contributed by atoms with E-state index < -0.39 is 0 Å². The zero-order chi connectivity index (χ0) is 33.2. The molecule has 0 spiro atoms. The third-order valence-electron chi connectivity index (χ3n) is 7.82. The molecule has 0 radical (unpaired) electrons. The molecule has 9 heteroatoms. The van der Waals surface area contributed by atoms with Crippen molar-refractivity contribution in [3.8, 4) is 22.9 Å². The third-order valence-corrected chi connectivity index (χ3v) is 7.82. The molecule has 2 heterocycles. The minimum Gasteiger partial charge on any atom is -0.505 e. The van der Waals surface area contributed by atoms with Crippen LogP contribution in [0.5, 0.6) is 11.5 Å². The first kappa shape index (κ1) is 35.1. The Hall–Kier alpha value is -4.76. The number of hydrogen-bond acceptors (Lipinski definition) is 7. The molecule has 0 saturated carbocycles. The number of fused-ring (bicyclic) bond motifs is 2. The van der Waals surface area contributed by atoms with E-state index in [0.29, 0.717) is 18.0 Å². The number of rotatable bonds is 6. The summed E-state index contributed by atoms with van der Waals surface area (Å²) in [5.74, 6) is 0.483. The Labute approximate surface area is 277 Å². The first-order valence-corrected chi connectivity index (χ1v) is 15.6. The Bertz CT molecular complexity index is 1910. The quantitative estimate of drug-likeness (QED) is 0.177. The molecule has 0 unspecified atom stereocenters. The number of hydrogen-bond donors (Lipinski definition) is 2. The minimum absolute atomic E-state index is 0. The lowest BCUT2D eigenvalue weighted by atomic mass is 9.84. The van der Waals surface area contributed by atoms with Gasteiger partial charge in [0.25, 0.3) is 0 Å². The van der Waals surface area contributed by atoms with Crippen LogP contribution in [0.25, 0.3) is 33.4 Å². The maximum absolute atomic E-state index is 10.9. The number of aryl methyl sites for hydroxylation is 2. The second-order valence-electron chi connectivity index (χ2n) is 13.7. The van der Waals surface area contributed by atoms with Gasteiger partial charge in [-0.05, 0) is 78.1 Å². The van der Waals surface area contributed by atoms with Crippen LogP contribution in [-0.2, 0) is 22.0 Å². The van der Waals surface area contributed by atoms with Crippen LogP contribution in [0.1, 0.15) is 77.6 Å².